The van der Waals surface area contributed by atoms with Crippen molar-refractivity contribution in [2.75, 3.05) is 0 Å². The maximum absolute atomic E-state index is 12.2. The Morgan fingerprint density at radius 1 is 1.47 bits per heavy atom. The van der Waals surface area contributed by atoms with Crippen LogP contribution in [0, 0.1) is 5.41 Å². The zero-order valence-electron chi connectivity index (χ0n) is 9.61. The Bertz CT molecular complexity index is 572. The standard InChI is InChI=1S/C10H10F3N5O/c11-10(12,13)2-3-18-8(6-1-4-19-17-6)5-7(16-18)9(14)15/h1,4-5H,2-3H2,(H3,14,15). The van der Waals surface area contributed by atoms with Gasteiger partial charge in [-0.3, -0.25) is 10.1 Å². The number of hydrogen-bond donors (Lipinski definition) is 2. The van der Waals surface area contributed by atoms with Crippen molar-refractivity contribution in [2.24, 2.45) is 5.73 Å². The topological polar surface area (TPSA) is 93.7 Å². The van der Waals surface area contributed by atoms with Gasteiger partial charge in [-0.25, -0.2) is 0 Å². The minimum atomic E-state index is -4.29. The van der Waals surface area contributed by atoms with E-state index >= 15 is 0 Å². The summed E-state index contributed by atoms with van der Waals surface area (Å²) in [5, 5.41) is 14.8. The third kappa shape index (κ3) is 3.12. The molecule has 0 unspecified atom stereocenters. The van der Waals surface area contributed by atoms with Crippen LogP contribution in [-0.2, 0) is 6.54 Å². The summed E-state index contributed by atoms with van der Waals surface area (Å²) in [5.41, 5.74) is 6.03. The highest BCUT2D eigenvalue weighted by molar-refractivity contribution is 5.93. The maximum Gasteiger partial charge on any atom is 0.390 e. The first kappa shape index (κ1) is 13.1. The van der Waals surface area contributed by atoms with Gasteiger partial charge in [0.1, 0.15) is 23.5 Å². The lowest BCUT2D eigenvalue weighted by Crippen LogP contribution is -2.15. The van der Waals surface area contributed by atoms with E-state index in [0.29, 0.717) is 11.4 Å². The van der Waals surface area contributed by atoms with Crippen LogP contribution in [0.2, 0.25) is 0 Å². The van der Waals surface area contributed by atoms with Crippen molar-refractivity contribution >= 4 is 5.84 Å². The molecule has 0 bridgehead atoms. The molecule has 102 valence electrons. The van der Waals surface area contributed by atoms with E-state index in [1.807, 2.05) is 0 Å². The molecule has 0 aliphatic rings. The van der Waals surface area contributed by atoms with Crippen molar-refractivity contribution in [2.45, 2.75) is 19.1 Å². The second-order valence-electron chi connectivity index (χ2n) is 3.80. The number of hydrogen-bond acceptors (Lipinski definition) is 4. The van der Waals surface area contributed by atoms with Gasteiger partial charge >= 0.3 is 6.18 Å². The lowest BCUT2D eigenvalue weighted by atomic mass is 10.2. The van der Waals surface area contributed by atoms with Gasteiger partial charge in [0.15, 0.2) is 0 Å². The van der Waals surface area contributed by atoms with E-state index in [0.717, 1.165) is 4.68 Å². The molecule has 0 saturated carbocycles. The highest BCUT2D eigenvalue weighted by atomic mass is 19.4. The van der Waals surface area contributed by atoms with Crippen molar-refractivity contribution in [3.63, 3.8) is 0 Å². The van der Waals surface area contributed by atoms with Crippen LogP contribution < -0.4 is 5.73 Å². The molecular weight excluding hydrogens is 263 g/mol. The fraction of sp³-hybridized carbons (Fsp3) is 0.300. The molecule has 3 N–H and O–H groups in total. The van der Waals surface area contributed by atoms with Gasteiger partial charge in [0.25, 0.3) is 0 Å². The fourth-order valence-electron chi connectivity index (χ4n) is 1.50. The Kier molecular flexibility index (Phi) is 3.28. The van der Waals surface area contributed by atoms with Gasteiger partial charge in [-0.1, -0.05) is 5.16 Å². The van der Waals surface area contributed by atoms with Crippen molar-refractivity contribution < 1.29 is 17.7 Å². The monoisotopic (exact) mass is 273 g/mol. The zero-order chi connectivity index (χ0) is 14.0. The van der Waals surface area contributed by atoms with E-state index < -0.39 is 12.6 Å². The summed E-state index contributed by atoms with van der Waals surface area (Å²) >= 11 is 0. The second-order valence-corrected chi connectivity index (χ2v) is 3.80. The van der Waals surface area contributed by atoms with E-state index in [4.69, 9.17) is 11.1 Å². The average Bonchev–Trinajstić information content (AvgIpc) is 2.94. The first-order valence-corrected chi connectivity index (χ1v) is 5.26. The molecule has 0 aliphatic heterocycles. The number of nitrogens with zero attached hydrogens (tertiary/aromatic N) is 3. The van der Waals surface area contributed by atoms with Crippen molar-refractivity contribution in [3.8, 4) is 11.4 Å². The van der Waals surface area contributed by atoms with Gasteiger partial charge in [-0.05, 0) is 6.07 Å². The molecule has 9 heteroatoms. The van der Waals surface area contributed by atoms with Crippen LogP contribution >= 0.6 is 0 Å². The minimum absolute atomic E-state index is 0.0974. The van der Waals surface area contributed by atoms with Crippen molar-refractivity contribution in [1.29, 1.82) is 5.41 Å². The smallest absolute Gasteiger partial charge is 0.382 e. The van der Waals surface area contributed by atoms with E-state index in [1.54, 1.807) is 0 Å². The summed E-state index contributed by atoms with van der Waals surface area (Å²) in [6.07, 6.45) is -4.02. The molecule has 2 aromatic rings. The second kappa shape index (κ2) is 4.75. The number of nitrogens with one attached hydrogen (secondary N) is 1. The lowest BCUT2D eigenvalue weighted by Gasteiger charge is -2.08. The molecule has 0 radical (unpaired) electrons. The molecule has 2 heterocycles. The lowest BCUT2D eigenvalue weighted by molar-refractivity contribution is -0.137. The van der Waals surface area contributed by atoms with Crippen LogP contribution in [0.1, 0.15) is 12.1 Å². The molecule has 0 aromatic carbocycles. The molecule has 2 rings (SSSR count). The van der Waals surface area contributed by atoms with Crippen LogP contribution in [-0.4, -0.2) is 26.9 Å². The molecular formula is C10H10F3N5O. The Morgan fingerprint density at radius 3 is 2.74 bits per heavy atom. The minimum Gasteiger partial charge on any atom is -0.382 e. The SMILES string of the molecule is N=C(N)c1cc(-c2ccon2)n(CCC(F)(F)F)n1. The fourth-order valence-corrected chi connectivity index (χ4v) is 1.50. The van der Waals surface area contributed by atoms with Crippen LogP contribution in [0.4, 0.5) is 13.2 Å². The number of amidine groups is 1. The van der Waals surface area contributed by atoms with Gasteiger partial charge in [0.05, 0.1) is 18.7 Å². The van der Waals surface area contributed by atoms with Gasteiger partial charge in [-0.15, -0.1) is 0 Å². The van der Waals surface area contributed by atoms with E-state index in [-0.39, 0.29) is 18.1 Å². The van der Waals surface area contributed by atoms with E-state index in [9.17, 15) is 13.2 Å². The summed E-state index contributed by atoms with van der Waals surface area (Å²) in [4.78, 5) is 0. The Balaban J connectivity index is 2.32. The van der Waals surface area contributed by atoms with E-state index in [1.165, 1.54) is 18.4 Å². The summed E-state index contributed by atoms with van der Waals surface area (Å²) in [7, 11) is 0. The van der Waals surface area contributed by atoms with E-state index in [2.05, 4.69) is 14.8 Å². The Labute approximate surface area is 105 Å². The number of aryl methyl sites for hydroxylation is 1. The molecule has 0 aliphatic carbocycles. The molecule has 0 saturated heterocycles. The number of halogens is 3. The molecule has 0 spiro atoms. The number of aromatic nitrogens is 3. The van der Waals surface area contributed by atoms with Gasteiger partial charge in [0.2, 0.25) is 0 Å². The summed E-state index contributed by atoms with van der Waals surface area (Å²) in [5.74, 6) is -0.324. The highest BCUT2D eigenvalue weighted by Gasteiger charge is 2.27. The summed E-state index contributed by atoms with van der Waals surface area (Å²) < 4.78 is 42.5. The van der Waals surface area contributed by atoms with Gasteiger partial charge in [-0.2, -0.15) is 18.3 Å². The molecule has 6 nitrogen and oxygen atoms in total. The summed E-state index contributed by atoms with van der Waals surface area (Å²) in [6.45, 7) is -0.376. The number of nitrogens with two attached hydrogens (primary N) is 1. The largest absolute Gasteiger partial charge is 0.390 e. The van der Waals surface area contributed by atoms with Crippen molar-refractivity contribution in [1.82, 2.24) is 14.9 Å². The molecule has 0 atom stereocenters. The predicted octanol–water partition coefficient (Wildman–Crippen LogP) is 1.77. The highest BCUT2D eigenvalue weighted by Crippen LogP contribution is 2.23. The summed E-state index contributed by atoms with van der Waals surface area (Å²) in [6, 6.07) is 2.89. The van der Waals surface area contributed by atoms with Crippen LogP contribution in [0.5, 0.6) is 0 Å². The van der Waals surface area contributed by atoms with Gasteiger partial charge in [0, 0.05) is 6.07 Å². The molecule has 0 fully saturated rings. The maximum atomic E-state index is 12.2. The molecule has 0 amide bonds. The zero-order valence-corrected chi connectivity index (χ0v) is 9.61. The average molecular weight is 273 g/mol. The number of rotatable bonds is 4. The van der Waals surface area contributed by atoms with Gasteiger partial charge < -0.3 is 10.3 Å². The van der Waals surface area contributed by atoms with Crippen LogP contribution in [0.15, 0.2) is 22.9 Å². The quantitative estimate of drug-likeness (QED) is 0.655. The first-order chi connectivity index (χ1) is 8.87. The van der Waals surface area contributed by atoms with Crippen LogP contribution in [0.3, 0.4) is 0 Å². The normalized spacial score (nSPS) is 11.7. The third-order valence-corrected chi connectivity index (χ3v) is 2.36. The van der Waals surface area contributed by atoms with Crippen molar-refractivity contribution in [3.05, 3.63) is 24.1 Å². The Morgan fingerprint density at radius 2 is 2.21 bits per heavy atom. The Hall–Kier alpha value is -2.32. The first-order valence-electron chi connectivity index (χ1n) is 5.26. The molecule has 2 aromatic heterocycles. The number of alkyl halides is 3. The third-order valence-electron chi connectivity index (χ3n) is 2.36. The van der Waals surface area contributed by atoms with Crippen LogP contribution in [0.25, 0.3) is 11.4 Å². The predicted molar refractivity (Wildman–Crippen MR) is 59.4 cm³/mol. The molecule has 19 heavy (non-hydrogen) atoms. The number of nitrogen functional groups attached to an aromatic ring is 1.